The number of piperidine rings is 1. The zero-order valence-electron chi connectivity index (χ0n) is 19.4. The van der Waals surface area contributed by atoms with E-state index in [1.54, 1.807) is 11.8 Å². The molecule has 3 aromatic rings. The lowest BCUT2D eigenvalue weighted by atomic mass is 9.95. The number of halogens is 1. The summed E-state index contributed by atoms with van der Waals surface area (Å²) in [7, 11) is 0. The van der Waals surface area contributed by atoms with Crippen LogP contribution in [0, 0.1) is 0 Å². The van der Waals surface area contributed by atoms with Crippen molar-refractivity contribution in [2.24, 2.45) is 0 Å². The van der Waals surface area contributed by atoms with Crippen molar-refractivity contribution in [3.63, 3.8) is 0 Å². The second-order valence-corrected chi connectivity index (χ2v) is 9.97. The number of carbonyl (C=O) groups is 1. The number of aromatic nitrogens is 3. The third-order valence-electron chi connectivity index (χ3n) is 5.95. The van der Waals surface area contributed by atoms with Crippen LogP contribution in [0.4, 0.5) is 5.69 Å². The van der Waals surface area contributed by atoms with Gasteiger partial charge in [0, 0.05) is 42.4 Å². The molecule has 8 heteroatoms. The summed E-state index contributed by atoms with van der Waals surface area (Å²) in [5.74, 6) is 2.21. The largest absolute Gasteiger partial charge is 0.326 e. The topological polar surface area (TPSA) is 63.1 Å². The van der Waals surface area contributed by atoms with E-state index in [0.29, 0.717) is 12.5 Å². The number of hydrogen-bond acceptors (Lipinski definition) is 5. The second kappa shape index (κ2) is 11.7. The van der Waals surface area contributed by atoms with E-state index in [4.69, 9.17) is 11.6 Å². The molecule has 1 amide bonds. The number of hydrogen-bond donors (Lipinski definition) is 1. The molecule has 1 aliphatic heterocycles. The van der Waals surface area contributed by atoms with Crippen LogP contribution >= 0.6 is 23.4 Å². The van der Waals surface area contributed by atoms with E-state index < -0.39 is 0 Å². The third kappa shape index (κ3) is 6.50. The third-order valence-corrected chi connectivity index (χ3v) is 7.22. The van der Waals surface area contributed by atoms with Crippen LogP contribution in [0.1, 0.15) is 42.6 Å². The number of anilines is 1. The van der Waals surface area contributed by atoms with Gasteiger partial charge >= 0.3 is 0 Å². The SMILES string of the molecule is C=CCn1c(SCc2cccc(Cl)c2)nnc1C1CCN(Cc2ccc(NC(C)=O)cc2)CC1. The Labute approximate surface area is 210 Å². The predicted molar refractivity (Wildman–Crippen MR) is 139 cm³/mol. The summed E-state index contributed by atoms with van der Waals surface area (Å²) in [6.45, 7) is 9.12. The fourth-order valence-electron chi connectivity index (χ4n) is 4.29. The van der Waals surface area contributed by atoms with Crippen molar-refractivity contribution in [2.45, 2.75) is 49.7 Å². The first-order valence-corrected chi connectivity index (χ1v) is 12.9. The Kier molecular flexibility index (Phi) is 8.43. The minimum Gasteiger partial charge on any atom is -0.326 e. The van der Waals surface area contributed by atoms with Crippen LogP contribution in [-0.4, -0.2) is 38.7 Å². The number of benzene rings is 2. The zero-order valence-corrected chi connectivity index (χ0v) is 21.0. The standard InChI is InChI=1S/C26H30ClN5OS/c1-3-13-32-25(29-30-26(32)34-18-21-5-4-6-23(27)16-21)22-11-14-31(15-12-22)17-20-7-9-24(10-8-20)28-19(2)33/h3-10,16,22H,1,11-15,17-18H2,2H3,(H,28,33). The second-order valence-electron chi connectivity index (χ2n) is 8.59. The van der Waals surface area contributed by atoms with E-state index in [9.17, 15) is 4.79 Å². The van der Waals surface area contributed by atoms with Gasteiger partial charge in [-0.25, -0.2) is 0 Å². The Hall–Kier alpha value is -2.61. The smallest absolute Gasteiger partial charge is 0.221 e. The lowest BCUT2D eigenvalue weighted by Crippen LogP contribution is -2.33. The van der Waals surface area contributed by atoms with Gasteiger partial charge in [0.2, 0.25) is 5.91 Å². The highest BCUT2D eigenvalue weighted by Crippen LogP contribution is 2.31. The van der Waals surface area contributed by atoms with E-state index in [-0.39, 0.29) is 5.91 Å². The maximum absolute atomic E-state index is 11.2. The summed E-state index contributed by atoms with van der Waals surface area (Å²) in [6, 6.07) is 16.0. The van der Waals surface area contributed by atoms with Gasteiger partial charge in [-0.15, -0.1) is 16.8 Å². The number of nitrogens with zero attached hydrogens (tertiary/aromatic N) is 4. The quantitative estimate of drug-likeness (QED) is 0.302. The van der Waals surface area contributed by atoms with E-state index >= 15 is 0 Å². The summed E-state index contributed by atoms with van der Waals surface area (Å²) in [5.41, 5.74) is 3.26. The zero-order chi connectivity index (χ0) is 23.9. The molecule has 178 valence electrons. The summed E-state index contributed by atoms with van der Waals surface area (Å²) >= 11 is 7.81. The maximum atomic E-state index is 11.2. The maximum Gasteiger partial charge on any atom is 0.221 e. The molecule has 1 aromatic heterocycles. The van der Waals surface area contributed by atoms with Gasteiger partial charge in [-0.1, -0.05) is 53.7 Å². The summed E-state index contributed by atoms with van der Waals surface area (Å²) in [5, 5.41) is 13.6. The summed E-state index contributed by atoms with van der Waals surface area (Å²) < 4.78 is 2.21. The molecule has 6 nitrogen and oxygen atoms in total. The molecule has 0 spiro atoms. The molecule has 0 atom stereocenters. The van der Waals surface area contributed by atoms with Crippen LogP contribution in [0.3, 0.4) is 0 Å². The van der Waals surface area contributed by atoms with Gasteiger partial charge in [0.05, 0.1) is 0 Å². The van der Waals surface area contributed by atoms with Crippen LogP contribution in [0.15, 0.2) is 66.3 Å². The molecule has 0 unspecified atom stereocenters. The first-order valence-electron chi connectivity index (χ1n) is 11.5. The Morgan fingerprint density at radius 2 is 1.94 bits per heavy atom. The van der Waals surface area contributed by atoms with E-state index in [1.807, 2.05) is 36.4 Å². The number of amides is 1. The Morgan fingerprint density at radius 1 is 1.18 bits per heavy atom. The number of nitrogens with one attached hydrogen (secondary N) is 1. The highest BCUT2D eigenvalue weighted by molar-refractivity contribution is 7.98. The average molecular weight is 496 g/mol. The first kappa shape index (κ1) is 24.5. The molecule has 1 aliphatic rings. The summed E-state index contributed by atoms with van der Waals surface area (Å²) in [6.07, 6.45) is 4.02. The van der Waals surface area contributed by atoms with Crippen molar-refractivity contribution in [1.29, 1.82) is 0 Å². The van der Waals surface area contributed by atoms with Crippen LogP contribution < -0.4 is 5.32 Å². The van der Waals surface area contributed by atoms with Crippen molar-refractivity contribution in [1.82, 2.24) is 19.7 Å². The van der Waals surface area contributed by atoms with E-state index in [2.05, 4.69) is 49.8 Å². The average Bonchev–Trinajstić information content (AvgIpc) is 3.22. The molecule has 0 bridgehead atoms. The van der Waals surface area contributed by atoms with Crippen LogP contribution in [0.5, 0.6) is 0 Å². The van der Waals surface area contributed by atoms with Crippen molar-refractivity contribution in [3.05, 3.63) is 83.2 Å². The lowest BCUT2D eigenvalue weighted by Gasteiger charge is -2.31. The fourth-order valence-corrected chi connectivity index (χ4v) is 5.40. The Morgan fingerprint density at radius 3 is 2.62 bits per heavy atom. The predicted octanol–water partition coefficient (Wildman–Crippen LogP) is 5.75. The summed E-state index contributed by atoms with van der Waals surface area (Å²) in [4.78, 5) is 13.7. The number of thioether (sulfide) groups is 1. The van der Waals surface area contributed by atoms with Gasteiger partial charge in [-0.3, -0.25) is 9.69 Å². The molecule has 34 heavy (non-hydrogen) atoms. The molecule has 2 heterocycles. The van der Waals surface area contributed by atoms with Crippen LogP contribution in [-0.2, 0) is 23.6 Å². The number of allylic oxidation sites excluding steroid dienone is 1. The molecular weight excluding hydrogens is 466 g/mol. The van der Waals surface area contributed by atoms with E-state index in [1.165, 1.54) is 18.1 Å². The molecule has 2 aromatic carbocycles. The van der Waals surface area contributed by atoms with Gasteiger partial charge in [0.15, 0.2) is 5.16 Å². The van der Waals surface area contributed by atoms with Gasteiger partial charge in [0.1, 0.15) is 5.82 Å². The van der Waals surface area contributed by atoms with Crippen molar-refractivity contribution >= 4 is 35.0 Å². The number of rotatable bonds is 9. The normalized spacial score (nSPS) is 14.8. The molecule has 0 radical (unpaired) electrons. The lowest BCUT2D eigenvalue weighted by molar-refractivity contribution is -0.114. The Balaban J connectivity index is 1.35. The van der Waals surface area contributed by atoms with E-state index in [0.717, 1.165) is 59.9 Å². The molecule has 0 aliphatic carbocycles. The molecule has 0 saturated carbocycles. The molecule has 1 saturated heterocycles. The minimum atomic E-state index is -0.0508. The monoisotopic (exact) mass is 495 g/mol. The van der Waals surface area contributed by atoms with Crippen LogP contribution in [0.2, 0.25) is 5.02 Å². The minimum absolute atomic E-state index is 0.0508. The molecule has 4 rings (SSSR count). The number of likely N-dealkylation sites (tertiary alicyclic amines) is 1. The Bertz CT molecular complexity index is 1120. The van der Waals surface area contributed by atoms with Crippen molar-refractivity contribution < 1.29 is 4.79 Å². The van der Waals surface area contributed by atoms with Gasteiger partial charge in [0.25, 0.3) is 0 Å². The number of carbonyl (C=O) groups excluding carboxylic acids is 1. The van der Waals surface area contributed by atoms with Crippen molar-refractivity contribution in [2.75, 3.05) is 18.4 Å². The highest BCUT2D eigenvalue weighted by atomic mass is 35.5. The van der Waals surface area contributed by atoms with Gasteiger partial charge in [-0.05, 0) is 61.3 Å². The van der Waals surface area contributed by atoms with Gasteiger partial charge < -0.3 is 9.88 Å². The molecular formula is C26H30ClN5OS. The van der Waals surface area contributed by atoms with Crippen LogP contribution in [0.25, 0.3) is 0 Å². The van der Waals surface area contributed by atoms with Gasteiger partial charge in [-0.2, -0.15) is 0 Å². The first-order chi connectivity index (χ1) is 16.5. The fraction of sp³-hybridized carbons (Fsp3) is 0.346. The van der Waals surface area contributed by atoms with Crippen molar-refractivity contribution in [3.8, 4) is 0 Å². The molecule has 1 N–H and O–H groups in total. The molecule has 1 fully saturated rings. The highest BCUT2D eigenvalue weighted by Gasteiger charge is 2.26.